The summed E-state index contributed by atoms with van der Waals surface area (Å²) in [5, 5.41) is 5.68. The van der Waals surface area contributed by atoms with Crippen LogP contribution in [-0.4, -0.2) is 15.9 Å². The molecule has 1 amide bonds. The Kier molecular flexibility index (Phi) is 4.85. The summed E-state index contributed by atoms with van der Waals surface area (Å²) in [6.07, 6.45) is 1.16. The maximum atomic E-state index is 13.7. The van der Waals surface area contributed by atoms with Gasteiger partial charge in [-0.1, -0.05) is 23.7 Å². The van der Waals surface area contributed by atoms with E-state index >= 15 is 0 Å². The molecule has 0 bridgehead atoms. The Hall–Kier alpha value is -3.06. The molecule has 0 radical (unpaired) electrons. The summed E-state index contributed by atoms with van der Waals surface area (Å²) in [6, 6.07) is 11.2. The van der Waals surface area contributed by atoms with Crippen molar-refractivity contribution in [2.75, 3.05) is 10.6 Å². The van der Waals surface area contributed by atoms with Crippen LogP contribution in [0.3, 0.4) is 0 Å². The number of para-hydroxylation sites is 1. The number of nitrogens with one attached hydrogen (secondary N) is 2. The van der Waals surface area contributed by atoms with E-state index in [9.17, 15) is 13.6 Å². The minimum Gasteiger partial charge on any atom is -0.338 e. The van der Waals surface area contributed by atoms with Crippen molar-refractivity contribution in [1.82, 2.24) is 9.97 Å². The first-order valence-corrected chi connectivity index (χ1v) is 7.51. The minimum atomic E-state index is -0.777. The monoisotopic (exact) mass is 360 g/mol. The second-order valence-corrected chi connectivity index (χ2v) is 5.38. The van der Waals surface area contributed by atoms with Gasteiger partial charge in [-0.2, -0.15) is 0 Å². The fourth-order valence-electron chi connectivity index (χ4n) is 2.03. The highest BCUT2D eigenvalue weighted by Crippen LogP contribution is 2.22. The highest BCUT2D eigenvalue weighted by molar-refractivity contribution is 6.33. The molecule has 0 aliphatic heterocycles. The van der Waals surface area contributed by atoms with Gasteiger partial charge < -0.3 is 10.6 Å². The molecule has 3 rings (SSSR count). The van der Waals surface area contributed by atoms with Crippen LogP contribution >= 0.6 is 11.6 Å². The van der Waals surface area contributed by atoms with E-state index in [1.165, 1.54) is 12.1 Å². The lowest BCUT2D eigenvalue weighted by Gasteiger charge is -2.09. The molecule has 0 spiro atoms. The lowest BCUT2D eigenvalue weighted by atomic mass is 10.2. The normalized spacial score (nSPS) is 10.4. The molecule has 0 unspecified atom stereocenters. The van der Waals surface area contributed by atoms with Crippen LogP contribution in [0, 0.1) is 11.6 Å². The average molecular weight is 361 g/mol. The maximum Gasteiger partial charge on any atom is 0.274 e. The summed E-state index contributed by atoms with van der Waals surface area (Å²) in [4.78, 5) is 20.1. The molecule has 0 aliphatic carbocycles. The molecule has 0 aliphatic rings. The molecule has 0 atom stereocenters. The molecule has 0 saturated carbocycles. The third-order valence-electron chi connectivity index (χ3n) is 3.22. The van der Waals surface area contributed by atoms with Crippen LogP contribution in [-0.2, 0) is 0 Å². The van der Waals surface area contributed by atoms with E-state index in [0.29, 0.717) is 10.7 Å². The fraction of sp³-hybridized carbons (Fsp3) is 0. The minimum absolute atomic E-state index is 0.0255. The first-order chi connectivity index (χ1) is 12.0. The summed E-state index contributed by atoms with van der Waals surface area (Å²) in [6.45, 7) is 0. The van der Waals surface area contributed by atoms with E-state index in [1.54, 1.807) is 24.3 Å². The smallest absolute Gasteiger partial charge is 0.274 e. The molecule has 3 aromatic rings. The van der Waals surface area contributed by atoms with Crippen molar-refractivity contribution >= 4 is 34.7 Å². The van der Waals surface area contributed by atoms with Gasteiger partial charge in [-0.15, -0.1) is 0 Å². The van der Waals surface area contributed by atoms with Crippen LogP contribution in [0.2, 0.25) is 5.02 Å². The first-order valence-electron chi connectivity index (χ1n) is 7.13. The SMILES string of the molecule is O=C(Nc1ccccc1Cl)c1cc(Nc2ccc(F)cc2F)ncn1. The van der Waals surface area contributed by atoms with E-state index in [0.717, 1.165) is 18.5 Å². The number of rotatable bonds is 4. The molecule has 8 heteroatoms. The van der Waals surface area contributed by atoms with E-state index < -0.39 is 17.5 Å². The average Bonchev–Trinajstić information content (AvgIpc) is 2.60. The van der Waals surface area contributed by atoms with Gasteiger partial charge in [0.1, 0.15) is 29.5 Å². The number of hydrogen-bond acceptors (Lipinski definition) is 4. The largest absolute Gasteiger partial charge is 0.338 e. The van der Waals surface area contributed by atoms with Gasteiger partial charge in [-0.3, -0.25) is 4.79 Å². The van der Waals surface area contributed by atoms with Crippen LogP contribution < -0.4 is 10.6 Å². The van der Waals surface area contributed by atoms with Crippen molar-refractivity contribution in [3.63, 3.8) is 0 Å². The van der Waals surface area contributed by atoms with Crippen molar-refractivity contribution in [2.24, 2.45) is 0 Å². The Bertz CT molecular complexity index is 936. The van der Waals surface area contributed by atoms with Gasteiger partial charge in [0.15, 0.2) is 0 Å². The number of carbonyl (C=O) groups excluding carboxylic acids is 1. The van der Waals surface area contributed by atoms with Gasteiger partial charge in [0.05, 0.1) is 16.4 Å². The number of aromatic nitrogens is 2. The predicted molar refractivity (Wildman–Crippen MR) is 91.1 cm³/mol. The second kappa shape index (κ2) is 7.23. The quantitative estimate of drug-likeness (QED) is 0.723. The molecule has 0 saturated heterocycles. The zero-order valence-electron chi connectivity index (χ0n) is 12.6. The van der Waals surface area contributed by atoms with Gasteiger partial charge in [-0.05, 0) is 24.3 Å². The summed E-state index contributed by atoms with van der Waals surface area (Å²) in [5.41, 5.74) is 0.518. The van der Waals surface area contributed by atoms with Crippen molar-refractivity contribution in [1.29, 1.82) is 0 Å². The number of nitrogens with zero attached hydrogens (tertiary/aromatic N) is 2. The van der Waals surface area contributed by atoms with Crippen LogP contribution in [0.4, 0.5) is 26.0 Å². The molecule has 1 heterocycles. The number of anilines is 3. The topological polar surface area (TPSA) is 66.9 Å². The number of hydrogen-bond donors (Lipinski definition) is 2. The van der Waals surface area contributed by atoms with Gasteiger partial charge in [0, 0.05) is 12.1 Å². The lowest BCUT2D eigenvalue weighted by molar-refractivity contribution is 0.102. The van der Waals surface area contributed by atoms with Gasteiger partial charge in [0.25, 0.3) is 5.91 Å². The third-order valence-corrected chi connectivity index (χ3v) is 3.55. The highest BCUT2D eigenvalue weighted by Gasteiger charge is 2.12. The number of carbonyl (C=O) groups is 1. The van der Waals surface area contributed by atoms with Crippen molar-refractivity contribution in [3.8, 4) is 0 Å². The Labute approximate surface area is 146 Å². The van der Waals surface area contributed by atoms with Crippen LogP contribution in [0.25, 0.3) is 0 Å². The van der Waals surface area contributed by atoms with Crippen LogP contribution in [0.5, 0.6) is 0 Å². The molecule has 5 nitrogen and oxygen atoms in total. The number of amides is 1. The van der Waals surface area contributed by atoms with Crippen LogP contribution in [0.15, 0.2) is 54.9 Å². The molecular formula is C17H11ClF2N4O. The fourth-order valence-corrected chi connectivity index (χ4v) is 2.21. The molecule has 25 heavy (non-hydrogen) atoms. The maximum absolute atomic E-state index is 13.7. The third kappa shape index (κ3) is 4.07. The van der Waals surface area contributed by atoms with E-state index in [4.69, 9.17) is 11.6 Å². The Morgan fingerprint density at radius 1 is 1.00 bits per heavy atom. The van der Waals surface area contributed by atoms with E-state index in [-0.39, 0.29) is 17.2 Å². The predicted octanol–water partition coefficient (Wildman–Crippen LogP) is 4.40. The van der Waals surface area contributed by atoms with E-state index in [1.807, 2.05) is 0 Å². The van der Waals surface area contributed by atoms with E-state index in [2.05, 4.69) is 20.6 Å². The molecule has 126 valence electrons. The van der Waals surface area contributed by atoms with Crippen molar-refractivity contribution in [2.45, 2.75) is 0 Å². The standard InChI is InChI=1S/C17H11ClF2N4O/c18-11-3-1-2-4-13(11)24-17(25)15-8-16(22-9-21-15)23-14-6-5-10(19)7-12(14)20/h1-9H,(H,24,25)(H,21,22,23). The summed E-state index contributed by atoms with van der Waals surface area (Å²) in [5.74, 6) is -1.78. The zero-order chi connectivity index (χ0) is 17.8. The van der Waals surface area contributed by atoms with Gasteiger partial charge in [-0.25, -0.2) is 18.7 Å². The summed E-state index contributed by atoms with van der Waals surface area (Å²) < 4.78 is 26.6. The molecule has 2 N–H and O–H groups in total. The van der Waals surface area contributed by atoms with Crippen LogP contribution in [0.1, 0.15) is 10.5 Å². The first kappa shape index (κ1) is 16.8. The number of benzene rings is 2. The second-order valence-electron chi connectivity index (χ2n) is 4.97. The Morgan fingerprint density at radius 2 is 1.80 bits per heavy atom. The van der Waals surface area contributed by atoms with Crippen molar-refractivity contribution in [3.05, 3.63) is 77.2 Å². The van der Waals surface area contributed by atoms with Gasteiger partial charge in [0.2, 0.25) is 0 Å². The van der Waals surface area contributed by atoms with Crippen molar-refractivity contribution < 1.29 is 13.6 Å². The molecule has 2 aromatic carbocycles. The Balaban J connectivity index is 1.79. The van der Waals surface area contributed by atoms with Gasteiger partial charge >= 0.3 is 0 Å². The Morgan fingerprint density at radius 3 is 2.56 bits per heavy atom. The number of halogens is 3. The lowest BCUT2D eigenvalue weighted by Crippen LogP contribution is -2.14. The zero-order valence-corrected chi connectivity index (χ0v) is 13.4. The molecule has 1 aromatic heterocycles. The summed E-state index contributed by atoms with van der Waals surface area (Å²) >= 11 is 5.99. The summed E-state index contributed by atoms with van der Waals surface area (Å²) in [7, 11) is 0. The molecular weight excluding hydrogens is 350 g/mol. The molecule has 0 fully saturated rings. The highest BCUT2D eigenvalue weighted by atomic mass is 35.5.